The molecule has 2 rings (SSSR count). The topological polar surface area (TPSA) is 49.3 Å². The molecule has 0 saturated heterocycles. The SMILES string of the molecule is O=C(O)C[13c]1[13cH][13cH][13cH][13cH][13c]1Nc1c(Cl)cccc1Cl.[H-].[Na+]. The molecule has 0 unspecified atom stereocenters. The minimum Gasteiger partial charge on any atom is -1.00 e. The molecule has 2 N–H and O–H groups in total. The van der Waals surface area contributed by atoms with Crippen LogP contribution in [0, 0.1) is 0 Å². The minimum absolute atomic E-state index is 0. The Labute approximate surface area is 150 Å². The van der Waals surface area contributed by atoms with Gasteiger partial charge < -0.3 is 11.8 Å². The van der Waals surface area contributed by atoms with Crippen molar-refractivity contribution in [3.05, 3.63) is 58.1 Å². The number of benzene rings is 2. The van der Waals surface area contributed by atoms with Crippen LogP contribution in [0.15, 0.2) is 42.5 Å². The van der Waals surface area contributed by atoms with Gasteiger partial charge in [-0.1, -0.05) is 47.5 Å². The molecule has 0 aromatic heterocycles. The van der Waals surface area contributed by atoms with E-state index in [4.69, 9.17) is 28.3 Å². The average Bonchev–Trinajstić information content (AvgIpc) is 2.35. The molecule has 0 saturated carbocycles. The third-order valence-electron chi connectivity index (χ3n) is 2.58. The Hall–Kier alpha value is -0.710. The van der Waals surface area contributed by atoms with Gasteiger partial charge in [0.1, 0.15) is 0 Å². The first-order valence-electron chi connectivity index (χ1n) is 5.58. The van der Waals surface area contributed by atoms with Crippen LogP contribution in [0.1, 0.15) is 6.99 Å². The van der Waals surface area contributed by atoms with Crippen LogP contribution in [-0.2, 0) is 11.2 Å². The largest absolute Gasteiger partial charge is 1.00 e. The van der Waals surface area contributed by atoms with Gasteiger partial charge in [0.05, 0.1) is 22.2 Å². The van der Waals surface area contributed by atoms with Crippen molar-refractivity contribution in [2.24, 2.45) is 0 Å². The van der Waals surface area contributed by atoms with Gasteiger partial charge in [0.2, 0.25) is 0 Å². The molecular weight excluding hydrogens is 314 g/mol. The van der Waals surface area contributed by atoms with E-state index in [2.05, 4.69) is 5.32 Å². The molecule has 20 heavy (non-hydrogen) atoms. The Morgan fingerprint density at radius 3 is 2.30 bits per heavy atom. The standard InChI is InChI=1S/C14H11Cl2NO2.Na.H/c15-10-5-3-6-11(16)14(10)17-12-7-2-1-4-9(12)8-13(18)19;;/h1-7,17H,8H2,(H,18,19);;/q;+1;-1/i1+1,2+1,4+1,7+1,9+1,12+1;;. The second kappa shape index (κ2) is 7.91. The molecular formula is C14H12Cl2NNaO2. The van der Waals surface area contributed by atoms with Crippen LogP contribution in [0.5, 0.6) is 0 Å². The fourth-order valence-corrected chi connectivity index (χ4v) is 2.20. The van der Waals surface area contributed by atoms with Gasteiger partial charge in [-0.05, 0) is 23.8 Å². The summed E-state index contributed by atoms with van der Waals surface area (Å²) in [4.78, 5) is 10.8. The number of carboxylic acids is 1. The maximum Gasteiger partial charge on any atom is 1.00 e. The van der Waals surface area contributed by atoms with E-state index in [0.717, 1.165) is 0 Å². The van der Waals surface area contributed by atoms with Gasteiger partial charge in [-0.2, -0.15) is 0 Å². The summed E-state index contributed by atoms with van der Waals surface area (Å²) in [5.41, 5.74) is 1.93. The van der Waals surface area contributed by atoms with E-state index < -0.39 is 5.97 Å². The molecule has 0 spiro atoms. The second-order valence-electron chi connectivity index (χ2n) is 3.95. The molecule has 0 fully saturated rings. The summed E-state index contributed by atoms with van der Waals surface area (Å²) in [6, 6.07) is 12.3. The van der Waals surface area contributed by atoms with E-state index in [1.807, 2.05) is 6.07 Å². The normalized spacial score (nSPS) is 9.70. The molecule has 3 nitrogen and oxygen atoms in total. The van der Waals surface area contributed by atoms with Gasteiger partial charge in [0.15, 0.2) is 0 Å². The summed E-state index contributed by atoms with van der Waals surface area (Å²) in [6.07, 6.45) is -0.0642. The van der Waals surface area contributed by atoms with E-state index >= 15 is 0 Å². The van der Waals surface area contributed by atoms with Crippen LogP contribution in [0.3, 0.4) is 0 Å². The van der Waals surface area contributed by atoms with E-state index in [-0.39, 0.29) is 37.4 Å². The van der Waals surface area contributed by atoms with Gasteiger partial charge >= 0.3 is 35.5 Å². The van der Waals surface area contributed by atoms with Crippen molar-refractivity contribution in [1.82, 2.24) is 0 Å². The molecule has 0 heterocycles. The molecule has 2 aromatic rings. The van der Waals surface area contributed by atoms with Gasteiger partial charge in [0, 0.05) is 5.69 Å². The number of carboxylic acid groups (broad SMARTS) is 1. The van der Waals surface area contributed by atoms with Crippen molar-refractivity contribution >= 4 is 40.5 Å². The third kappa shape index (κ3) is 4.40. The zero-order chi connectivity index (χ0) is 13.8. The molecule has 0 radical (unpaired) electrons. The summed E-state index contributed by atoms with van der Waals surface area (Å²) in [6.45, 7) is 0. The van der Waals surface area contributed by atoms with Crippen molar-refractivity contribution < 1.29 is 40.9 Å². The van der Waals surface area contributed by atoms with E-state index in [9.17, 15) is 4.79 Å². The molecule has 0 bridgehead atoms. The molecule has 0 amide bonds. The molecule has 100 valence electrons. The number of para-hydroxylation sites is 2. The van der Waals surface area contributed by atoms with Gasteiger partial charge in [0.25, 0.3) is 0 Å². The van der Waals surface area contributed by atoms with E-state index in [0.29, 0.717) is 27.0 Å². The van der Waals surface area contributed by atoms with Crippen molar-refractivity contribution in [3.8, 4) is 0 Å². The quantitative estimate of drug-likeness (QED) is 0.837. The van der Waals surface area contributed by atoms with Gasteiger partial charge in [-0.15, -0.1) is 0 Å². The molecule has 0 aliphatic carbocycles. The predicted octanol–water partition coefficient (Wildman–Crippen LogP) is 1.48. The molecule has 2 aromatic carbocycles. The Morgan fingerprint density at radius 1 is 1.10 bits per heavy atom. The van der Waals surface area contributed by atoms with Crippen molar-refractivity contribution in [2.45, 2.75) is 6.42 Å². The Bertz CT molecular complexity index is 605. The zero-order valence-electron chi connectivity index (χ0n) is 11.9. The Balaban J connectivity index is 0.00000200. The third-order valence-corrected chi connectivity index (χ3v) is 3.21. The summed E-state index contributed by atoms with van der Waals surface area (Å²) >= 11 is 12.1. The molecule has 6 heteroatoms. The summed E-state index contributed by atoms with van der Waals surface area (Å²) < 4.78 is 0. The first kappa shape index (κ1) is 17.3. The number of rotatable bonds is 4. The number of hydrogen-bond acceptors (Lipinski definition) is 2. The van der Waals surface area contributed by atoms with Crippen LogP contribution < -0.4 is 34.9 Å². The van der Waals surface area contributed by atoms with Crippen LogP contribution in [-0.4, -0.2) is 11.1 Å². The minimum atomic E-state index is -0.889. The summed E-state index contributed by atoms with van der Waals surface area (Å²) in [7, 11) is 0. The predicted molar refractivity (Wildman–Crippen MR) is 78.6 cm³/mol. The number of anilines is 2. The maximum absolute atomic E-state index is 10.8. The number of carbonyl (C=O) groups is 1. The summed E-state index contributed by atoms with van der Waals surface area (Å²) in [5, 5.41) is 12.9. The monoisotopic (exact) mass is 325 g/mol. The van der Waals surface area contributed by atoms with Crippen LogP contribution in [0.2, 0.25) is 10.0 Å². The molecule has 0 aliphatic rings. The van der Waals surface area contributed by atoms with Crippen LogP contribution in [0.25, 0.3) is 0 Å². The first-order chi connectivity index (χ1) is 9.08. The smallest absolute Gasteiger partial charge is 1.00 e. The fourth-order valence-electron chi connectivity index (χ4n) is 1.71. The fraction of sp³-hybridized carbons (Fsp3) is 0.0714. The second-order valence-corrected chi connectivity index (χ2v) is 4.76. The Kier molecular flexibility index (Phi) is 6.86. The molecule has 0 atom stereocenters. The number of hydrogen-bond donors (Lipinski definition) is 2. The summed E-state index contributed by atoms with van der Waals surface area (Å²) in [5.74, 6) is -0.889. The van der Waals surface area contributed by atoms with Gasteiger partial charge in [-0.3, -0.25) is 4.79 Å². The molecule has 0 aliphatic heterocycles. The van der Waals surface area contributed by atoms with Crippen molar-refractivity contribution in [3.63, 3.8) is 0 Å². The number of nitrogens with one attached hydrogen (secondary N) is 1. The van der Waals surface area contributed by atoms with Crippen molar-refractivity contribution in [2.75, 3.05) is 5.32 Å². The van der Waals surface area contributed by atoms with Gasteiger partial charge in [-0.25, -0.2) is 0 Å². The van der Waals surface area contributed by atoms with Crippen molar-refractivity contribution in [1.29, 1.82) is 0 Å². The maximum atomic E-state index is 10.8. The zero-order valence-corrected chi connectivity index (χ0v) is 14.4. The van der Waals surface area contributed by atoms with E-state index in [1.165, 1.54) is 0 Å². The first-order valence-corrected chi connectivity index (χ1v) is 6.34. The van der Waals surface area contributed by atoms with Crippen LogP contribution >= 0.6 is 23.2 Å². The number of halogens is 2. The average molecular weight is 326 g/mol. The Morgan fingerprint density at radius 2 is 1.70 bits per heavy atom. The number of aliphatic carboxylic acids is 1. The van der Waals surface area contributed by atoms with E-state index in [1.54, 1.807) is 36.4 Å². The van der Waals surface area contributed by atoms with Crippen LogP contribution in [0.4, 0.5) is 11.4 Å².